The summed E-state index contributed by atoms with van der Waals surface area (Å²) in [5.74, 6) is -1.58. The molecule has 0 saturated carbocycles. The molecule has 0 heterocycles. The Morgan fingerprint density at radius 2 is 2.05 bits per heavy atom. The minimum Gasteiger partial charge on any atom is -0.478 e. The van der Waals surface area contributed by atoms with Crippen LogP contribution in [0, 0.1) is 5.82 Å². The van der Waals surface area contributed by atoms with Crippen molar-refractivity contribution in [3.05, 3.63) is 35.1 Å². The fourth-order valence-electron chi connectivity index (χ4n) is 1.49. The third kappa shape index (κ3) is 4.67. The number of benzene rings is 1. The zero-order valence-corrected chi connectivity index (χ0v) is 10.9. The number of hydrogen-bond donors (Lipinski definition) is 2. The lowest BCUT2D eigenvalue weighted by Crippen LogP contribution is -2.26. The first kappa shape index (κ1) is 15.1. The van der Waals surface area contributed by atoms with E-state index in [0.29, 0.717) is 13.0 Å². The maximum absolute atomic E-state index is 13.4. The number of carboxylic acid groups (broad SMARTS) is 1. The van der Waals surface area contributed by atoms with E-state index >= 15 is 0 Å². The van der Waals surface area contributed by atoms with Crippen molar-refractivity contribution < 1.29 is 19.1 Å². The highest BCUT2D eigenvalue weighted by atomic mass is 19.1. The molecule has 1 aromatic carbocycles. The van der Waals surface area contributed by atoms with Crippen molar-refractivity contribution >= 4 is 11.9 Å². The van der Waals surface area contributed by atoms with Crippen molar-refractivity contribution in [3.63, 3.8) is 0 Å². The molecule has 104 valence electrons. The zero-order valence-electron chi connectivity index (χ0n) is 10.9. The monoisotopic (exact) mass is 268 g/mol. The zero-order chi connectivity index (χ0) is 14.4. The molecule has 0 bridgehead atoms. The van der Waals surface area contributed by atoms with Crippen LogP contribution in [0.2, 0.25) is 0 Å². The van der Waals surface area contributed by atoms with Gasteiger partial charge in [0.1, 0.15) is 5.82 Å². The van der Waals surface area contributed by atoms with Gasteiger partial charge in [0.05, 0.1) is 5.56 Å². The molecule has 1 amide bonds. The standard InChI is InChI=1S/C13H17FN2O3/c1-16(2)12(17)5-6-15-8-10-7-9(13(18)19)3-4-11(10)14/h3-4,7,15H,5-6,8H2,1-2H3,(H,18,19). The van der Waals surface area contributed by atoms with Gasteiger partial charge in [-0.3, -0.25) is 4.79 Å². The number of carbonyl (C=O) groups is 2. The summed E-state index contributed by atoms with van der Waals surface area (Å²) in [6, 6.07) is 3.64. The van der Waals surface area contributed by atoms with Crippen LogP contribution in [-0.4, -0.2) is 42.5 Å². The van der Waals surface area contributed by atoms with E-state index < -0.39 is 11.8 Å². The molecular formula is C13H17FN2O3. The smallest absolute Gasteiger partial charge is 0.335 e. The summed E-state index contributed by atoms with van der Waals surface area (Å²) in [5, 5.41) is 11.7. The van der Waals surface area contributed by atoms with Gasteiger partial charge in [0.15, 0.2) is 0 Å². The summed E-state index contributed by atoms with van der Waals surface area (Å²) in [6.07, 6.45) is 0.313. The van der Waals surface area contributed by atoms with Crippen LogP contribution in [0.3, 0.4) is 0 Å². The van der Waals surface area contributed by atoms with Gasteiger partial charge in [-0.15, -0.1) is 0 Å². The summed E-state index contributed by atoms with van der Waals surface area (Å²) < 4.78 is 13.4. The first-order chi connectivity index (χ1) is 8.91. The van der Waals surface area contributed by atoms with E-state index in [1.165, 1.54) is 17.0 Å². The summed E-state index contributed by atoms with van der Waals surface area (Å²) in [7, 11) is 3.33. The molecule has 0 spiro atoms. The average Bonchev–Trinajstić information content (AvgIpc) is 2.35. The van der Waals surface area contributed by atoms with E-state index in [1.807, 2.05) is 0 Å². The van der Waals surface area contributed by atoms with Gasteiger partial charge in [-0.25, -0.2) is 9.18 Å². The van der Waals surface area contributed by atoms with E-state index in [4.69, 9.17) is 5.11 Å². The minimum absolute atomic E-state index is 0.0211. The third-order valence-electron chi connectivity index (χ3n) is 2.62. The number of aromatic carboxylic acids is 1. The van der Waals surface area contributed by atoms with Crippen molar-refractivity contribution in [2.24, 2.45) is 0 Å². The van der Waals surface area contributed by atoms with Crippen molar-refractivity contribution in [2.45, 2.75) is 13.0 Å². The number of hydrogen-bond acceptors (Lipinski definition) is 3. The quantitative estimate of drug-likeness (QED) is 0.758. The Hall–Kier alpha value is -1.95. The van der Waals surface area contributed by atoms with Crippen LogP contribution in [0.15, 0.2) is 18.2 Å². The Bertz CT molecular complexity index is 475. The number of nitrogens with one attached hydrogen (secondary N) is 1. The lowest BCUT2D eigenvalue weighted by Gasteiger charge is -2.11. The Morgan fingerprint density at radius 1 is 1.37 bits per heavy atom. The molecule has 19 heavy (non-hydrogen) atoms. The third-order valence-corrected chi connectivity index (χ3v) is 2.62. The SMILES string of the molecule is CN(C)C(=O)CCNCc1cc(C(=O)O)ccc1F. The average molecular weight is 268 g/mol. The Labute approximate surface area is 111 Å². The second-order valence-electron chi connectivity index (χ2n) is 4.33. The van der Waals surface area contributed by atoms with Gasteiger partial charge in [0, 0.05) is 39.2 Å². The van der Waals surface area contributed by atoms with Crippen LogP contribution < -0.4 is 5.32 Å². The van der Waals surface area contributed by atoms with E-state index in [0.717, 1.165) is 6.07 Å². The molecule has 0 fully saturated rings. The van der Waals surface area contributed by atoms with Gasteiger partial charge in [0.2, 0.25) is 5.91 Å². The molecule has 5 nitrogen and oxygen atoms in total. The van der Waals surface area contributed by atoms with Gasteiger partial charge in [0.25, 0.3) is 0 Å². The van der Waals surface area contributed by atoms with Gasteiger partial charge >= 0.3 is 5.97 Å². The first-order valence-electron chi connectivity index (χ1n) is 5.84. The van der Waals surface area contributed by atoms with E-state index in [2.05, 4.69) is 5.32 Å². The molecule has 0 atom stereocenters. The van der Waals surface area contributed by atoms with Crippen LogP contribution in [0.25, 0.3) is 0 Å². The summed E-state index contributed by atoms with van der Waals surface area (Å²) >= 11 is 0. The normalized spacial score (nSPS) is 10.3. The van der Waals surface area contributed by atoms with Crippen LogP contribution in [-0.2, 0) is 11.3 Å². The van der Waals surface area contributed by atoms with Crippen LogP contribution in [0.5, 0.6) is 0 Å². The molecular weight excluding hydrogens is 251 g/mol. The predicted molar refractivity (Wildman–Crippen MR) is 68.4 cm³/mol. The molecule has 0 aliphatic rings. The highest BCUT2D eigenvalue weighted by Crippen LogP contribution is 2.10. The van der Waals surface area contributed by atoms with E-state index in [1.54, 1.807) is 14.1 Å². The second-order valence-corrected chi connectivity index (χ2v) is 4.33. The topological polar surface area (TPSA) is 69.6 Å². The van der Waals surface area contributed by atoms with Crippen LogP contribution >= 0.6 is 0 Å². The molecule has 6 heteroatoms. The number of rotatable bonds is 6. The molecule has 0 aliphatic heterocycles. The summed E-state index contributed by atoms with van der Waals surface area (Å²) in [5.41, 5.74) is 0.319. The first-order valence-corrected chi connectivity index (χ1v) is 5.84. The lowest BCUT2D eigenvalue weighted by molar-refractivity contribution is -0.128. The van der Waals surface area contributed by atoms with Gasteiger partial charge in [-0.05, 0) is 18.2 Å². The summed E-state index contributed by atoms with van der Waals surface area (Å²) in [4.78, 5) is 23.5. The van der Waals surface area contributed by atoms with Gasteiger partial charge in [-0.1, -0.05) is 0 Å². The van der Waals surface area contributed by atoms with Crippen molar-refractivity contribution in [2.75, 3.05) is 20.6 Å². The Morgan fingerprint density at radius 3 is 2.63 bits per heavy atom. The Balaban J connectivity index is 2.51. The molecule has 0 radical (unpaired) electrons. The highest BCUT2D eigenvalue weighted by molar-refractivity contribution is 5.87. The molecule has 1 aromatic rings. The van der Waals surface area contributed by atoms with Crippen molar-refractivity contribution in [3.8, 4) is 0 Å². The second kappa shape index (κ2) is 6.84. The van der Waals surface area contributed by atoms with Gasteiger partial charge in [-0.2, -0.15) is 0 Å². The molecule has 2 N–H and O–H groups in total. The number of nitrogens with zero attached hydrogens (tertiary/aromatic N) is 1. The van der Waals surface area contributed by atoms with E-state index in [9.17, 15) is 14.0 Å². The maximum atomic E-state index is 13.4. The fraction of sp³-hybridized carbons (Fsp3) is 0.385. The van der Waals surface area contributed by atoms with Crippen molar-refractivity contribution in [1.82, 2.24) is 10.2 Å². The lowest BCUT2D eigenvalue weighted by atomic mass is 10.1. The number of carbonyl (C=O) groups excluding carboxylic acids is 1. The number of halogens is 1. The number of carboxylic acids is 1. The van der Waals surface area contributed by atoms with Gasteiger partial charge < -0.3 is 15.3 Å². The Kier molecular flexibility index (Phi) is 5.44. The highest BCUT2D eigenvalue weighted by Gasteiger charge is 2.08. The van der Waals surface area contributed by atoms with E-state index in [-0.39, 0.29) is 23.6 Å². The fourth-order valence-corrected chi connectivity index (χ4v) is 1.49. The summed E-state index contributed by atoms with van der Waals surface area (Å²) in [6.45, 7) is 0.599. The maximum Gasteiger partial charge on any atom is 0.335 e. The molecule has 0 saturated heterocycles. The van der Waals surface area contributed by atoms with Crippen LogP contribution in [0.1, 0.15) is 22.3 Å². The molecule has 0 unspecified atom stereocenters. The minimum atomic E-state index is -1.09. The largest absolute Gasteiger partial charge is 0.478 e. The van der Waals surface area contributed by atoms with Crippen LogP contribution in [0.4, 0.5) is 4.39 Å². The molecule has 0 aliphatic carbocycles. The molecule has 0 aromatic heterocycles. The predicted octanol–water partition coefficient (Wildman–Crippen LogP) is 1.09. The van der Waals surface area contributed by atoms with Crippen molar-refractivity contribution in [1.29, 1.82) is 0 Å². The molecule has 1 rings (SSSR count). The number of amides is 1.